The molecule has 0 fully saturated rings. The zero-order valence-electron chi connectivity index (χ0n) is 12.6. The van der Waals surface area contributed by atoms with Gasteiger partial charge in [0.2, 0.25) is 0 Å². The quantitative estimate of drug-likeness (QED) is 0.848. The fraction of sp³-hybridized carbons (Fsp3) is 0.375. The van der Waals surface area contributed by atoms with Gasteiger partial charge < -0.3 is 15.4 Å². The Hall–Kier alpha value is -2.30. The Morgan fingerprint density at radius 2 is 1.95 bits per heavy atom. The van der Waals surface area contributed by atoms with Gasteiger partial charge in [0.25, 0.3) is 0 Å². The van der Waals surface area contributed by atoms with E-state index in [9.17, 15) is 4.79 Å². The third-order valence-corrected chi connectivity index (χ3v) is 2.74. The number of carbonyl (C=O) groups is 1. The van der Waals surface area contributed by atoms with Crippen molar-refractivity contribution in [2.45, 2.75) is 26.4 Å². The van der Waals surface area contributed by atoms with Gasteiger partial charge in [-0.05, 0) is 32.9 Å². The summed E-state index contributed by atoms with van der Waals surface area (Å²) in [5.41, 5.74) is 1.41. The molecule has 1 aromatic heterocycles. The van der Waals surface area contributed by atoms with Gasteiger partial charge in [-0.15, -0.1) is 0 Å². The molecule has 0 bridgehead atoms. The molecule has 0 spiro atoms. The normalized spacial score (nSPS) is 11.2. The zero-order chi connectivity index (χ0) is 15.3. The average Bonchev–Trinajstić information content (AvgIpc) is 2.42. The van der Waals surface area contributed by atoms with Crippen molar-refractivity contribution in [3.63, 3.8) is 0 Å². The number of benzene rings is 1. The first-order chi connectivity index (χ1) is 9.96. The van der Waals surface area contributed by atoms with Gasteiger partial charge in [-0.2, -0.15) is 0 Å². The van der Waals surface area contributed by atoms with Gasteiger partial charge in [-0.25, -0.2) is 4.79 Å². The smallest absolute Gasteiger partial charge is 0.407 e. The maximum atomic E-state index is 11.5. The highest BCUT2D eigenvalue weighted by molar-refractivity contribution is 5.90. The molecule has 0 aliphatic rings. The molecule has 0 radical (unpaired) electrons. The second-order valence-corrected chi connectivity index (χ2v) is 5.74. The van der Waals surface area contributed by atoms with Crippen LogP contribution in [0.5, 0.6) is 0 Å². The number of rotatable bonds is 4. The number of alkyl carbamates (subject to hydrolysis) is 1. The van der Waals surface area contributed by atoms with Crippen LogP contribution in [0.3, 0.4) is 0 Å². The number of anilines is 1. The van der Waals surface area contributed by atoms with E-state index in [1.807, 2.05) is 51.1 Å². The summed E-state index contributed by atoms with van der Waals surface area (Å²) < 4.78 is 5.17. The lowest BCUT2D eigenvalue weighted by Crippen LogP contribution is -2.35. The molecule has 1 aromatic carbocycles. The molecule has 1 amide bonds. The average molecular weight is 287 g/mol. The first kappa shape index (κ1) is 15.1. The van der Waals surface area contributed by atoms with Crippen molar-refractivity contribution in [3.05, 3.63) is 36.5 Å². The van der Waals surface area contributed by atoms with Crippen LogP contribution in [0.1, 0.15) is 20.8 Å². The molecule has 2 aromatic rings. The van der Waals surface area contributed by atoms with Gasteiger partial charge in [0.15, 0.2) is 0 Å². The van der Waals surface area contributed by atoms with Crippen LogP contribution in [0.2, 0.25) is 0 Å². The van der Waals surface area contributed by atoms with Crippen LogP contribution in [0, 0.1) is 0 Å². The summed E-state index contributed by atoms with van der Waals surface area (Å²) in [4.78, 5) is 15.9. The van der Waals surface area contributed by atoms with Crippen LogP contribution < -0.4 is 10.6 Å². The van der Waals surface area contributed by atoms with E-state index in [2.05, 4.69) is 15.6 Å². The molecule has 1 heterocycles. The summed E-state index contributed by atoms with van der Waals surface area (Å²) in [5, 5.41) is 7.07. The number of aromatic nitrogens is 1. The highest BCUT2D eigenvalue weighted by Crippen LogP contribution is 2.20. The molecular weight excluding hydrogens is 266 g/mol. The molecule has 0 aliphatic heterocycles. The summed E-state index contributed by atoms with van der Waals surface area (Å²) in [6.07, 6.45) is 1.37. The Morgan fingerprint density at radius 3 is 2.71 bits per heavy atom. The van der Waals surface area contributed by atoms with E-state index in [0.717, 1.165) is 16.6 Å². The van der Waals surface area contributed by atoms with Crippen LogP contribution in [0.15, 0.2) is 36.5 Å². The van der Waals surface area contributed by atoms with Gasteiger partial charge >= 0.3 is 6.09 Å². The minimum atomic E-state index is -0.475. The Morgan fingerprint density at radius 1 is 1.19 bits per heavy atom. The third kappa shape index (κ3) is 4.63. The molecule has 0 saturated heterocycles. The van der Waals surface area contributed by atoms with E-state index in [-0.39, 0.29) is 0 Å². The van der Waals surface area contributed by atoms with Gasteiger partial charge in [0.1, 0.15) is 5.60 Å². The van der Waals surface area contributed by atoms with Crippen LogP contribution >= 0.6 is 0 Å². The largest absolute Gasteiger partial charge is 0.444 e. The first-order valence-corrected chi connectivity index (χ1v) is 7.00. The van der Waals surface area contributed by atoms with Gasteiger partial charge in [-0.1, -0.05) is 18.2 Å². The monoisotopic (exact) mass is 287 g/mol. The molecule has 0 unspecified atom stereocenters. The van der Waals surface area contributed by atoms with Gasteiger partial charge in [0, 0.05) is 24.7 Å². The van der Waals surface area contributed by atoms with E-state index in [0.29, 0.717) is 13.1 Å². The number of amides is 1. The lowest BCUT2D eigenvalue weighted by Gasteiger charge is -2.19. The lowest BCUT2D eigenvalue weighted by atomic mass is 10.2. The standard InChI is InChI=1S/C16H21N3O2/c1-16(2,3)21-15(20)19-11-10-17-13-8-4-6-12-7-5-9-18-14(12)13/h4-9,17H,10-11H2,1-3H3,(H,19,20). The van der Waals surface area contributed by atoms with Crippen LogP contribution in [-0.2, 0) is 4.74 Å². The number of pyridine rings is 1. The molecule has 2 rings (SSSR count). The minimum Gasteiger partial charge on any atom is -0.444 e. The summed E-state index contributed by atoms with van der Waals surface area (Å²) in [7, 11) is 0. The molecule has 5 heteroatoms. The number of fused-ring (bicyclic) bond motifs is 1. The molecule has 0 saturated carbocycles. The number of ether oxygens (including phenoxy) is 1. The number of nitrogens with zero attached hydrogens (tertiary/aromatic N) is 1. The Bertz CT molecular complexity index is 615. The fourth-order valence-corrected chi connectivity index (χ4v) is 1.92. The Labute approximate surface area is 124 Å². The van der Waals surface area contributed by atoms with Crippen LogP contribution in [-0.4, -0.2) is 29.8 Å². The lowest BCUT2D eigenvalue weighted by molar-refractivity contribution is 0.0530. The van der Waals surface area contributed by atoms with E-state index < -0.39 is 11.7 Å². The third-order valence-electron chi connectivity index (χ3n) is 2.74. The summed E-state index contributed by atoms with van der Waals surface area (Å²) >= 11 is 0. The minimum absolute atomic E-state index is 0.402. The predicted octanol–water partition coefficient (Wildman–Crippen LogP) is 3.17. The zero-order valence-corrected chi connectivity index (χ0v) is 12.6. The number of para-hydroxylation sites is 1. The van der Waals surface area contributed by atoms with E-state index in [4.69, 9.17) is 4.74 Å². The van der Waals surface area contributed by atoms with Gasteiger partial charge in [0.05, 0.1) is 11.2 Å². The predicted molar refractivity (Wildman–Crippen MR) is 84.5 cm³/mol. The summed E-state index contributed by atoms with van der Waals surface area (Å²) in [6, 6.07) is 9.91. The molecule has 0 aliphatic carbocycles. The number of hydrogen-bond donors (Lipinski definition) is 2. The highest BCUT2D eigenvalue weighted by atomic mass is 16.6. The number of carbonyl (C=O) groups excluding carboxylic acids is 1. The van der Waals surface area contributed by atoms with E-state index in [1.165, 1.54) is 0 Å². The van der Waals surface area contributed by atoms with Crippen molar-refractivity contribution in [1.29, 1.82) is 0 Å². The first-order valence-electron chi connectivity index (χ1n) is 7.00. The van der Waals surface area contributed by atoms with E-state index >= 15 is 0 Å². The second-order valence-electron chi connectivity index (χ2n) is 5.74. The van der Waals surface area contributed by atoms with Crippen LogP contribution in [0.4, 0.5) is 10.5 Å². The summed E-state index contributed by atoms with van der Waals surface area (Å²) in [6.45, 7) is 6.61. The maximum Gasteiger partial charge on any atom is 0.407 e. The molecule has 112 valence electrons. The molecule has 0 atom stereocenters. The van der Waals surface area contributed by atoms with Crippen molar-refractivity contribution in [3.8, 4) is 0 Å². The van der Waals surface area contributed by atoms with Crippen molar-refractivity contribution in [2.24, 2.45) is 0 Å². The van der Waals surface area contributed by atoms with Crippen molar-refractivity contribution < 1.29 is 9.53 Å². The SMILES string of the molecule is CC(C)(C)OC(=O)NCCNc1cccc2cccnc12. The molecule has 2 N–H and O–H groups in total. The Kier molecular flexibility index (Phi) is 4.62. The molecule has 21 heavy (non-hydrogen) atoms. The highest BCUT2D eigenvalue weighted by Gasteiger charge is 2.15. The molecule has 5 nitrogen and oxygen atoms in total. The number of hydrogen-bond acceptors (Lipinski definition) is 4. The maximum absolute atomic E-state index is 11.5. The van der Waals surface area contributed by atoms with Gasteiger partial charge in [-0.3, -0.25) is 4.98 Å². The molecular formula is C16H21N3O2. The second kappa shape index (κ2) is 6.43. The number of nitrogens with one attached hydrogen (secondary N) is 2. The summed E-state index contributed by atoms with van der Waals surface area (Å²) in [5.74, 6) is 0. The topological polar surface area (TPSA) is 63.2 Å². The van der Waals surface area contributed by atoms with Crippen molar-refractivity contribution in [1.82, 2.24) is 10.3 Å². The van der Waals surface area contributed by atoms with E-state index in [1.54, 1.807) is 6.20 Å². The van der Waals surface area contributed by atoms with Crippen molar-refractivity contribution >= 4 is 22.7 Å². The fourth-order valence-electron chi connectivity index (χ4n) is 1.92. The van der Waals surface area contributed by atoms with Crippen molar-refractivity contribution in [2.75, 3.05) is 18.4 Å². The van der Waals surface area contributed by atoms with Crippen LogP contribution in [0.25, 0.3) is 10.9 Å². The Balaban J connectivity index is 1.84.